The van der Waals surface area contributed by atoms with E-state index in [2.05, 4.69) is 27.7 Å². The van der Waals surface area contributed by atoms with E-state index < -0.39 is 29.4 Å². The normalized spacial score (nSPS) is 47.9. The molecule has 4 aliphatic rings. The highest BCUT2D eigenvalue weighted by Crippen LogP contribution is 2.65. The minimum absolute atomic E-state index is 0.0270. The fraction of sp³-hybridized carbons (Fsp3) is 0.800. The van der Waals surface area contributed by atoms with Gasteiger partial charge in [0.2, 0.25) is 0 Å². The number of cyclic esters (lactones) is 1. The van der Waals surface area contributed by atoms with Gasteiger partial charge in [-0.05, 0) is 80.8 Å². The van der Waals surface area contributed by atoms with Crippen molar-refractivity contribution in [3.63, 3.8) is 0 Å². The lowest BCUT2D eigenvalue weighted by atomic mass is 9.43. The van der Waals surface area contributed by atoms with Gasteiger partial charge in [-0.15, -0.1) is 0 Å². The quantitative estimate of drug-likeness (QED) is 0.655. The third kappa shape index (κ3) is 3.28. The second-order valence-corrected chi connectivity index (χ2v) is 11.6. The van der Waals surface area contributed by atoms with Crippen LogP contribution in [0.4, 0.5) is 0 Å². The Bertz CT molecular complexity index is 797. The fourth-order valence-corrected chi connectivity index (χ4v) is 7.77. The van der Waals surface area contributed by atoms with E-state index in [9.17, 15) is 15.0 Å². The fourth-order valence-electron chi connectivity index (χ4n) is 7.77. The summed E-state index contributed by atoms with van der Waals surface area (Å²) in [4.78, 5) is 11.5. The molecule has 5 heteroatoms. The smallest absolute Gasteiger partial charge is 0.336 e. The van der Waals surface area contributed by atoms with Gasteiger partial charge in [-0.2, -0.15) is 0 Å². The molecule has 3 fully saturated rings. The molecule has 2 heterocycles. The van der Waals surface area contributed by atoms with Crippen molar-refractivity contribution in [2.24, 2.45) is 22.7 Å². The van der Waals surface area contributed by atoms with Crippen LogP contribution in [0.15, 0.2) is 23.5 Å². The Hall–Kier alpha value is -1.17. The zero-order chi connectivity index (χ0) is 22.1. The van der Waals surface area contributed by atoms with Crippen LogP contribution >= 0.6 is 0 Å². The van der Waals surface area contributed by atoms with Crippen LogP contribution in [0, 0.1) is 22.7 Å². The van der Waals surface area contributed by atoms with Crippen molar-refractivity contribution in [1.82, 2.24) is 0 Å². The summed E-state index contributed by atoms with van der Waals surface area (Å²) in [5.74, 6) is 0.621. The minimum Gasteiger partial charge on any atom is -0.423 e. The van der Waals surface area contributed by atoms with E-state index >= 15 is 0 Å². The Morgan fingerprint density at radius 1 is 1.17 bits per heavy atom. The lowest BCUT2D eigenvalue weighted by Gasteiger charge is -2.66. The summed E-state index contributed by atoms with van der Waals surface area (Å²) in [5.41, 5.74) is -0.425. The molecule has 2 saturated carbocycles. The van der Waals surface area contributed by atoms with Gasteiger partial charge in [-0.1, -0.05) is 27.2 Å². The lowest BCUT2D eigenvalue weighted by molar-refractivity contribution is -0.299. The van der Waals surface area contributed by atoms with E-state index in [4.69, 9.17) is 9.47 Å². The van der Waals surface area contributed by atoms with Crippen LogP contribution in [0.2, 0.25) is 0 Å². The monoisotopic (exact) mass is 418 g/mol. The van der Waals surface area contributed by atoms with E-state index in [-0.39, 0.29) is 16.7 Å². The summed E-state index contributed by atoms with van der Waals surface area (Å²) < 4.78 is 12.0. The summed E-state index contributed by atoms with van der Waals surface area (Å²) in [7, 11) is 0. The Balaban J connectivity index is 1.61. The summed E-state index contributed by atoms with van der Waals surface area (Å²) in [6, 6.07) is 0. The Morgan fingerprint density at radius 2 is 1.87 bits per heavy atom. The van der Waals surface area contributed by atoms with Crippen molar-refractivity contribution in [1.29, 1.82) is 0 Å². The van der Waals surface area contributed by atoms with Gasteiger partial charge < -0.3 is 19.7 Å². The average Bonchev–Trinajstić information content (AvgIpc) is 2.89. The van der Waals surface area contributed by atoms with Gasteiger partial charge >= 0.3 is 5.97 Å². The van der Waals surface area contributed by atoms with E-state index in [1.807, 2.05) is 6.92 Å². The number of esters is 1. The lowest BCUT2D eigenvalue weighted by Crippen LogP contribution is -2.67. The highest BCUT2D eigenvalue weighted by Gasteiger charge is 2.65. The summed E-state index contributed by atoms with van der Waals surface area (Å²) in [6.07, 6.45) is 7.46. The number of ether oxygens (including phenoxy) is 2. The van der Waals surface area contributed by atoms with Crippen molar-refractivity contribution in [2.75, 3.05) is 0 Å². The molecule has 1 saturated heterocycles. The van der Waals surface area contributed by atoms with Crippen LogP contribution in [-0.4, -0.2) is 39.6 Å². The van der Waals surface area contributed by atoms with Crippen LogP contribution < -0.4 is 0 Å². The van der Waals surface area contributed by atoms with Gasteiger partial charge in [-0.3, -0.25) is 0 Å². The second-order valence-electron chi connectivity index (χ2n) is 11.6. The van der Waals surface area contributed by atoms with Crippen molar-refractivity contribution in [3.8, 4) is 0 Å². The molecular weight excluding hydrogens is 380 g/mol. The Kier molecular flexibility index (Phi) is 5.08. The summed E-state index contributed by atoms with van der Waals surface area (Å²) >= 11 is 0. The van der Waals surface area contributed by atoms with Crippen LogP contribution in [-0.2, 0) is 14.3 Å². The topological polar surface area (TPSA) is 76.0 Å². The molecule has 0 aromatic rings. The first-order valence-electron chi connectivity index (χ1n) is 11.5. The number of rotatable bonds is 2. The predicted octanol–water partition coefficient (Wildman–Crippen LogP) is 4.28. The van der Waals surface area contributed by atoms with Crippen molar-refractivity contribution in [2.45, 2.75) is 103 Å². The third-order valence-electron chi connectivity index (χ3n) is 8.89. The number of allylic oxidation sites excluding steroid dienone is 1. The maximum Gasteiger partial charge on any atom is 0.336 e. The van der Waals surface area contributed by atoms with Gasteiger partial charge in [0.15, 0.2) is 0 Å². The van der Waals surface area contributed by atoms with Gasteiger partial charge in [0, 0.05) is 12.5 Å². The first kappa shape index (κ1) is 22.0. The molecule has 0 aromatic heterocycles. The highest BCUT2D eigenvalue weighted by atomic mass is 16.5. The average molecular weight is 419 g/mol. The molecule has 0 aromatic carbocycles. The van der Waals surface area contributed by atoms with Crippen LogP contribution in [0.3, 0.4) is 0 Å². The van der Waals surface area contributed by atoms with Gasteiger partial charge in [0.05, 0.1) is 17.3 Å². The summed E-state index contributed by atoms with van der Waals surface area (Å²) in [5, 5.41) is 22.4. The second kappa shape index (κ2) is 6.91. The number of fused-ring (bicyclic) bond motifs is 3. The molecule has 0 amide bonds. The molecule has 0 radical (unpaired) electrons. The standard InChI is InChI=1S/C25H38O5/c1-15-12-20(28)29-17(15)13-19(27)24(5)11-8-18-23(4)10-7-9-22(2,3)21(23)16(26)14-25(18,6)30-24/h12-13,16,18-19,21,26-27H,7-11,14H2,1-6H3/t16-,18-,19-,21+,23+,24-,25+/m0/s1. The maximum absolute atomic E-state index is 11.5. The molecule has 4 rings (SSSR count). The summed E-state index contributed by atoms with van der Waals surface area (Å²) in [6.45, 7) is 12.8. The molecule has 7 atom stereocenters. The molecule has 2 aliphatic heterocycles. The van der Waals surface area contributed by atoms with E-state index in [1.54, 1.807) is 13.0 Å². The first-order chi connectivity index (χ1) is 13.8. The van der Waals surface area contributed by atoms with E-state index in [0.717, 1.165) is 31.3 Å². The number of aliphatic hydroxyl groups is 2. The third-order valence-corrected chi connectivity index (χ3v) is 8.89. The molecule has 2 aliphatic carbocycles. The minimum atomic E-state index is -0.898. The molecule has 5 nitrogen and oxygen atoms in total. The van der Waals surface area contributed by atoms with Gasteiger partial charge in [0.25, 0.3) is 0 Å². The number of hydrogen-bond donors (Lipinski definition) is 2. The zero-order valence-corrected chi connectivity index (χ0v) is 19.3. The van der Waals surface area contributed by atoms with Gasteiger partial charge in [-0.25, -0.2) is 4.79 Å². The molecule has 168 valence electrons. The number of carbonyl (C=O) groups excluding carboxylic acids is 1. The van der Waals surface area contributed by atoms with Crippen LogP contribution in [0.5, 0.6) is 0 Å². The van der Waals surface area contributed by atoms with Crippen LogP contribution in [0.25, 0.3) is 0 Å². The largest absolute Gasteiger partial charge is 0.423 e. The van der Waals surface area contributed by atoms with Crippen molar-refractivity contribution >= 4 is 5.97 Å². The first-order valence-corrected chi connectivity index (χ1v) is 11.5. The molecule has 0 unspecified atom stereocenters. The highest BCUT2D eigenvalue weighted by molar-refractivity contribution is 5.88. The van der Waals surface area contributed by atoms with Crippen LogP contribution in [0.1, 0.15) is 80.1 Å². The van der Waals surface area contributed by atoms with Gasteiger partial charge in [0.1, 0.15) is 11.9 Å². The molecule has 2 N–H and O–H groups in total. The Morgan fingerprint density at radius 3 is 2.50 bits per heavy atom. The Labute approximate surface area is 180 Å². The van der Waals surface area contributed by atoms with E-state index in [1.165, 1.54) is 12.5 Å². The van der Waals surface area contributed by atoms with Crippen molar-refractivity contribution < 1.29 is 24.5 Å². The molecular formula is C25H38O5. The number of carbonyl (C=O) groups is 1. The number of aliphatic hydroxyl groups excluding tert-OH is 2. The zero-order valence-electron chi connectivity index (χ0n) is 19.3. The van der Waals surface area contributed by atoms with Crippen molar-refractivity contribution in [3.05, 3.63) is 23.5 Å². The SMILES string of the molecule is CC1=CC(=O)OC1=C[C@H](O)[C@]1(C)CC[C@H]2[C@@]3(C)CCCC(C)(C)[C@H]3[C@@H](O)C[C@@]2(C)O1. The van der Waals surface area contributed by atoms with E-state index in [0.29, 0.717) is 18.1 Å². The maximum atomic E-state index is 11.5. The number of hydrogen-bond acceptors (Lipinski definition) is 5. The predicted molar refractivity (Wildman–Crippen MR) is 114 cm³/mol. The molecule has 0 spiro atoms. The molecule has 0 bridgehead atoms. The molecule has 30 heavy (non-hydrogen) atoms.